The maximum Gasteiger partial charge on any atom is 0.523 e. The minimum Gasteiger partial charge on any atom is -0.491 e. The summed E-state index contributed by atoms with van der Waals surface area (Å²) in [6, 6.07) is 4.19. The third kappa shape index (κ3) is 4.32. The lowest BCUT2D eigenvalue weighted by atomic mass is 10.3. The fourth-order valence-corrected chi connectivity index (χ4v) is 3.57. The van der Waals surface area contributed by atoms with Crippen molar-refractivity contribution in [2.24, 2.45) is 5.14 Å². The van der Waals surface area contributed by atoms with Crippen LogP contribution in [0.1, 0.15) is 0 Å². The molecule has 1 aromatic heterocycles. The van der Waals surface area contributed by atoms with Gasteiger partial charge in [0.15, 0.2) is 0 Å². The number of rotatable bonds is 6. The van der Waals surface area contributed by atoms with Crippen LogP contribution in [0, 0.1) is 0 Å². The molecule has 24 heavy (non-hydrogen) atoms. The van der Waals surface area contributed by atoms with Gasteiger partial charge in [-0.1, -0.05) is 0 Å². The Hall–Kier alpha value is -1.48. The summed E-state index contributed by atoms with van der Waals surface area (Å²) in [5, 5.41) is 4.96. The van der Waals surface area contributed by atoms with Gasteiger partial charge in [0, 0.05) is 0 Å². The Kier molecular flexibility index (Phi) is 5.06. The molecule has 0 saturated carbocycles. The molecule has 134 valence electrons. The van der Waals surface area contributed by atoms with Gasteiger partial charge < -0.3 is 4.74 Å². The second kappa shape index (κ2) is 6.44. The van der Waals surface area contributed by atoms with Crippen LogP contribution in [0.25, 0.3) is 10.2 Å². The monoisotopic (exact) mass is 406 g/mol. The predicted octanol–water partition coefficient (Wildman–Crippen LogP) is 1.19. The van der Waals surface area contributed by atoms with Gasteiger partial charge in [-0.25, -0.2) is 18.5 Å². The summed E-state index contributed by atoms with van der Waals surface area (Å²) in [5.41, 5.74) is -5.16. The molecule has 0 aliphatic rings. The Morgan fingerprint density at radius 1 is 1.17 bits per heavy atom. The van der Waals surface area contributed by atoms with Crippen molar-refractivity contribution >= 4 is 41.7 Å². The number of primary sulfonamides is 1. The number of alkyl halides is 3. The van der Waals surface area contributed by atoms with Crippen molar-refractivity contribution in [1.82, 2.24) is 4.98 Å². The first-order valence-corrected chi connectivity index (χ1v) is 9.69. The van der Waals surface area contributed by atoms with Gasteiger partial charge in [-0.15, -0.1) is 11.3 Å². The van der Waals surface area contributed by atoms with Crippen molar-refractivity contribution in [1.29, 1.82) is 0 Å². The first kappa shape index (κ1) is 18.9. The van der Waals surface area contributed by atoms with Crippen LogP contribution in [-0.4, -0.2) is 40.5 Å². The number of hydrogen-bond donors (Lipinski definition) is 1. The van der Waals surface area contributed by atoms with Crippen molar-refractivity contribution in [3.63, 3.8) is 0 Å². The Labute approximate surface area is 138 Å². The predicted molar refractivity (Wildman–Crippen MR) is 77.4 cm³/mol. The van der Waals surface area contributed by atoms with E-state index in [1.54, 1.807) is 0 Å². The van der Waals surface area contributed by atoms with E-state index in [-0.39, 0.29) is 10.1 Å². The molecule has 0 amide bonds. The van der Waals surface area contributed by atoms with Crippen molar-refractivity contribution < 1.29 is 38.9 Å². The lowest BCUT2D eigenvalue weighted by Gasteiger charge is -2.09. The highest BCUT2D eigenvalue weighted by Crippen LogP contribution is 2.28. The van der Waals surface area contributed by atoms with Gasteiger partial charge in [0.25, 0.3) is 10.0 Å². The average Bonchev–Trinajstić information content (AvgIpc) is 2.85. The molecule has 2 rings (SSSR count). The van der Waals surface area contributed by atoms with Crippen LogP contribution >= 0.6 is 11.3 Å². The molecular weight excluding hydrogens is 397 g/mol. The molecule has 0 aliphatic heterocycles. The molecule has 0 atom stereocenters. The Morgan fingerprint density at radius 3 is 2.42 bits per heavy atom. The molecule has 1 aromatic carbocycles. The van der Waals surface area contributed by atoms with Crippen LogP contribution in [0.4, 0.5) is 13.2 Å². The maximum absolute atomic E-state index is 12.0. The largest absolute Gasteiger partial charge is 0.523 e. The number of fused-ring (bicyclic) bond motifs is 1. The zero-order valence-corrected chi connectivity index (χ0v) is 13.9. The van der Waals surface area contributed by atoms with Crippen LogP contribution in [0.3, 0.4) is 0 Å². The average molecular weight is 406 g/mol. The van der Waals surface area contributed by atoms with Gasteiger partial charge in [0.05, 0.1) is 10.2 Å². The molecule has 0 radical (unpaired) electrons. The van der Waals surface area contributed by atoms with E-state index in [1.165, 1.54) is 18.2 Å². The van der Waals surface area contributed by atoms with E-state index >= 15 is 0 Å². The standard InChI is InChI=1S/C10H9F3N2O6S3/c11-10(12,13)24(18,19)21-4-3-20-6-1-2-7-8(5-6)22-9(15-7)23(14,16)17/h1-2,5H,3-4H2,(H2,14,16,17). The van der Waals surface area contributed by atoms with E-state index in [9.17, 15) is 30.0 Å². The number of ether oxygens (including phenoxy) is 1. The van der Waals surface area contributed by atoms with Crippen molar-refractivity contribution in [2.45, 2.75) is 9.85 Å². The zero-order chi connectivity index (χ0) is 18.2. The molecule has 0 saturated heterocycles. The molecule has 0 spiro atoms. The van der Waals surface area contributed by atoms with Crippen molar-refractivity contribution in [2.75, 3.05) is 13.2 Å². The van der Waals surface area contributed by atoms with E-state index in [2.05, 4.69) is 9.17 Å². The van der Waals surface area contributed by atoms with Crippen LogP contribution in [0.5, 0.6) is 5.75 Å². The van der Waals surface area contributed by atoms with Gasteiger partial charge in [-0.2, -0.15) is 21.6 Å². The number of thiazole rings is 1. The highest BCUT2D eigenvalue weighted by molar-refractivity contribution is 7.91. The van der Waals surface area contributed by atoms with Crippen molar-refractivity contribution in [3.8, 4) is 5.75 Å². The Morgan fingerprint density at radius 2 is 1.83 bits per heavy atom. The van der Waals surface area contributed by atoms with Crippen LogP contribution in [0.15, 0.2) is 22.5 Å². The minimum atomic E-state index is -5.67. The van der Waals surface area contributed by atoms with E-state index in [0.29, 0.717) is 10.2 Å². The molecule has 0 unspecified atom stereocenters. The molecule has 1 heterocycles. The van der Waals surface area contributed by atoms with Crippen LogP contribution < -0.4 is 9.88 Å². The fraction of sp³-hybridized carbons (Fsp3) is 0.300. The summed E-state index contributed by atoms with van der Waals surface area (Å²) in [7, 11) is -9.62. The third-order valence-electron chi connectivity index (χ3n) is 2.46. The Balaban J connectivity index is 2.01. The number of nitrogens with two attached hydrogens (primary N) is 1. The smallest absolute Gasteiger partial charge is 0.491 e. The van der Waals surface area contributed by atoms with E-state index in [1.807, 2.05) is 0 Å². The number of halogens is 3. The molecule has 0 aliphatic carbocycles. The molecule has 14 heteroatoms. The lowest BCUT2D eigenvalue weighted by Crippen LogP contribution is -2.27. The van der Waals surface area contributed by atoms with Gasteiger partial charge in [0.1, 0.15) is 19.0 Å². The molecule has 0 bridgehead atoms. The molecule has 8 nitrogen and oxygen atoms in total. The number of benzene rings is 1. The second-order valence-corrected chi connectivity index (χ2v) is 8.60. The zero-order valence-electron chi connectivity index (χ0n) is 11.5. The Bertz CT molecular complexity index is 952. The van der Waals surface area contributed by atoms with Crippen molar-refractivity contribution in [3.05, 3.63) is 18.2 Å². The summed E-state index contributed by atoms with van der Waals surface area (Å²) in [6.45, 7) is -1.31. The van der Waals surface area contributed by atoms with Gasteiger partial charge >= 0.3 is 15.6 Å². The fourth-order valence-electron chi connectivity index (χ4n) is 1.47. The number of hydrogen-bond acceptors (Lipinski definition) is 8. The van der Waals surface area contributed by atoms with Crippen LogP contribution in [-0.2, 0) is 24.3 Å². The first-order chi connectivity index (χ1) is 10.9. The number of aromatic nitrogens is 1. The summed E-state index contributed by atoms with van der Waals surface area (Å²) in [5.74, 6) is 0.167. The number of nitrogens with zero attached hydrogens (tertiary/aromatic N) is 1. The van der Waals surface area contributed by atoms with E-state index in [4.69, 9.17) is 9.88 Å². The van der Waals surface area contributed by atoms with E-state index in [0.717, 1.165) is 11.3 Å². The van der Waals surface area contributed by atoms with Gasteiger partial charge in [0.2, 0.25) is 4.34 Å². The highest BCUT2D eigenvalue weighted by Gasteiger charge is 2.47. The molecule has 0 fully saturated rings. The molecule has 2 N–H and O–H groups in total. The minimum absolute atomic E-state index is 0.167. The topological polar surface area (TPSA) is 126 Å². The molecular formula is C10H9F3N2O6S3. The van der Waals surface area contributed by atoms with E-state index < -0.39 is 38.9 Å². The summed E-state index contributed by atoms with van der Waals surface area (Å²) in [4.78, 5) is 3.80. The third-order valence-corrected chi connectivity index (χ3v) is 5.84. The van der Waals surface area contributed by atoms with Crippen LogP contribution in [0.2, 0.25) is 0 Å². The molecule has 2 aromatic rings. The maximum atomic E-state index is 12.0. The summed E-state index contributed by atoms with van der Waals surface area (Å²) in [6.07, 6.45) is 0. The summed E-state index contributed by atoms with van der Waals surface area (Å²) >= 11 is 0.785. The SMILES string of the molecule is NS(=O)(=O)c1nc2ccc(OCCOS(=O)(=O)C(F)(F)F)cc2s1. The van der Waals surface area contributed by atoms with Gasteiger partial charge in [-0.05, 0) is 18.2 Å². The summed E-state index contributed by atoms with van der Waals surface area (Å²) < 4.78 is 88.8. The van der Waals surface area contributed by atoms with Gasteiger partial charge in [-0.3, -0.25) is 4.18 Å². The number of sulfonamides is 1. The highest BCUT2D eigenvalue weighted by atomic mass is 32.2. The first-order valence-electron chi connectivity index (χ1n) is 5.92. The second-order valence-electron chi connectivity index (χ2n) is 4.22. The normalized spacial score (nSPS) is 13.3. The quantitative estimate of drug-likeness (QED) is 0.434. The lowest BCUT2D eigenvalue weighted by molar-refractivity contribution is -0.0547.